The molecule has 0 saturated carbocycles. The monoisotopic (exact) mass is 404 g/mol. The van der Waals surface area contributed by atoms with Crippen LogP contribution in [0.15, 0.2) is 65.1 Å². The van der Waals surface area contributed by atoms with Crippen LogP contribution in [0.4, 0.5) is 0 Å². The smallest absolute Gasteiger partial charge is 0.339 e. The van der Waals surface area contributed by atoms with Crippen LogP contribution in [0, 0.1) is 29.6 Å². The number of benzene rings is 3. The van der Waals surface area contributed by atoms with Gasteiger partial charge >= 0.3 is 10.1 Å². The number of nitriles is 2. The van der Waals surface area contributed by atoms with Gasteiger partial charge in [-0.05, 0) is 47.7 Å². The summed E-state index contributed by atoms with van der Waals surface area (Å²) in [6, 6.07) is 18.4. The summed E-state index contributed by atoms with van der Waals surface area (Å²) in [6.07, 6.45) is 1.33. The van der Waals surface area contributed by atoms with Crippen molar-refractivity contribution in [3.05, 3.63) is 71.3 Å². The largest absolute Gasteiger partial charge is 0.493 e. The third-order valence-electron chi connectivity index (χ3n) is 4.31. The van der Waals surface area contributed by atoms with Gasteiger partial charge in [-0.2, -0.15) is 18.9 Å². The first-order chi connectivity index (χ1) is 13.9. The van der Waals surface area contributed by atoms with Crippen LogP contribution in [-0.4, -0.2) is 15.5 Å². The van der Waals surface area contributed by atoms with Crippen molar-refractivity contribution in [3.8, 4) is 23.6 Å². The molecule has 3 aromatic rings. The summed E-state index contributed by atoms with van der Waals surface area (Å²) in [4.78, 5) is 0.0384. The van der Waals surface area contributed by atoms with Gasteiger partial charge in [0.25, 0.3) is 0 Å². The van der Waals surface area contributed by atoms with E-state index in [1.54, 1.807) is 36.4 Å². The Labute approximate surface area is 169 Å². The first-order valence-corrected chi connectivity index (χ1v) is 9.93. The van der Waals surface area contributed by atoms with Gasteiger partial charge in [-0.15, -0.1) is 0 Å². The Morgan fingerprint density at radius 2 is 1.66 bits per heavy atom. The Bertz CT molecular complexity index is 1300. The van der Waals surface area contributed by atoms with Gasteiger partial charge in [0, 0.05) is 5.39 Å². The zero-order chi connectivity index (χ0) is 21.0. The third kappa shape index (κ3) is 4.06. The number of nitrogens with zero attached hydrogens (tertiary/aromatic N) is 2. The van der Waals surface area contributed by atoms with Crippen molar-refractivity contribution in [3.63, 3.8) is 0 Å². The van der Waals surface area contributed by atoms with E-state index in [0.717, 1.165) is 10.9 Å². The van der Waals surface area contributed by atoms with Crippen LogP contribution in [0.25, 0.3) is 16.8 Å². The molecule has 3 rings (SSSR count). The van der Waals surface area contributed by atoms with E-state index < -0.39 is 10.1 Å². The van der Waals surface area contributed by atoms with E-state index in [9.17, 15) is 8.42 Å². The average Bonchev–Trinajstić information content (AvgIpc) is 2.72. The SMILES string of the molecule is COc1ccc(C=C(C#N)C#N)cc1OS(=O)(=O)c1cccc2c(C)cccc12. The number of fused-ring (bicyclic) bond motifs is 1. The highest BCUT2D eigenvalue weighted by atomic mass is 32.2. The Morgan fingerprint density at radius 3 is 2.34 bits per heavy atom. The van der Waals surface area contributed by atoms with Crippen molar-refractivity contribution >= 4 is 27.0 Å². The molecule has 0 aliphatic heterocycles. The summed E-state index contributed by atoms with van der Waals surface area (Å²) in [6.45, 7) is 1.90. The number of ether oxygens (including phenoxy) is 1. The summed E-state index contributed by atoms with van der Waals surface area (Å²) >= 11 is 0. The summed E-state index contributed by atoms with van der Waals surface area (Å²) in [5.41, 5.74) is 1.26. The zero-order valence-electron chi connectivity index (χ0n) is 15.7. The maximum atomic E-state index is 13.0. The van der Waals surface area contributed by atoms with Crippen molar-refractivity contribution in [2.45, 2.75) is 11.8 Å². The third-order valence-corrected chi connectivity index (χ3v) is 5.60. The fourth-order valence-electron chi connectivity index (χ4n) is 2.92. The van der Waals surface area contributed by atoms with Crippen LogP contribution in [0.3, 0.4) is 0 Å². The van der Waals surface area contributed by atoms with Crippen LogP contribution < -0.4 is 8.92 Å². The van der Waals surface area contributed by atoms with Crippen molar-refractivity contribution in [1.82, 2.24) is 0 Å². The number of rotatable bonds is 5. The molecule has 6 nitrogen and oxygen atoms in total. The minimum Gasteiger partial charge on any atom is -0.493 e. The van der Waals surface area contributed by atoms with E-state index in [2.05, 4.69) is 0 Å². The summed E-state index contributed by atoms with van der Waals surface area (Å²) in [5, 5.41) is 19.2. The second kappa shape index (κ2) is 8.05. The molecule has 0 heterocycles. The van der Waals surface area contributed by atoms with Gasteiger partial charge in [-0.25, -0.2) is 0 Å². The molecule has 29 heavy (non-hydrogen) atoms. The first kappa shape index (κ1) is 19.9. The van der Waals surface area contributed by atoms with Gasteiger partial charge in [-0.1, -0.05) is 36.4 Å². The highest BCUT2D eigenvalue weighted by Crippen LogP contribution is 2.33. The molecule has 0 atom stereocenters. The average molecular weight is 404 g/mol. The number of aryl methyl sites for hydroxylation is 1. The van der Waals surface area contributed by atoms with Crippen LogP contribution >= 0.6 is 0 Å². The lowest BCUT2D eigenvalue weighted by atomic mass is 10.1. The van der Waals surface area contributed by atoms with Crippen molar-refractivity contribution in [1.29, 1.82) is 10.5 Å². The fourth-order valence-corrected chi connectivity index (χ4v) is 4.07. The number of hydrogen-bond donors (Lipinski definition) is 0. The van der Waals surface area contributed by atoms with E-state index in [4.69, 9.17) is 19.4 Å². The maximum absolute atomic E-state index is 13.0. The number of allylic oxidation sites excluding steroid dienone is 1. The molecule has 0 radical (unpaired) electrons. The second-order valence-electron chi connectivity index (χ2n) is 6.16. The molecule has 144 valence electrons. The Balaban J connectivity index is 2.10. The van der Waals surface area contributed by atoms with E-state index in [1.807, 2.05) is 19.1 Å². The predicted molar refractivity (Wildman–Crippen MR) is 109 cm³/mol. The van der Waals surface area contributed by atoms with Crippen LogP contribution in [0.5, 0.6) is 11.5 Å². The van der Waals surface area contributed by atoms with E-state index >= 15 is 0 Å². The van der Waals surface area contributed by atoms with Gasteiger partial charge in [0.1, 0.15) is 22.6 Å². The fraction of sp³-hybridized carbons (Fsp3) is 0.0909. The minimum absolute atomic E-state index is 0.0384. The molecular formula is C22H16N2O4S. The molecule has 0 aliphatic rings. The predicted octanol–water partition coefficient (Wildman–Crippen LogP) is 4.36. The molecule has 0 aliphatic carbocycles. The lowest BCUT2D eigenvalue weighted by molar-refractivity contribution is 0.390. The summed E-state index contributed by atoms with van der Waals surface area (Å²) in [7, 11) is -2.79. The lowest BCUT2D eigenvalue weighted by Crippen LogP contribution is -2.11. The molecule has 0 amide bonds. The topological polar surface area (TPSA) is 100 Å². The Morgan fingerprint density at radius 1 is 0.966 bits per heavy atom. The van der Waals surface area contributed by atoms with Crippen LogP contribution in [0.1, 0.15) is 11.1 Å². The standard InChI is InChI=1S/C22H16N2O4S/c1-15-5-3-7-19-18(15)6-4-8-22(19)29(25,26)28-21-12-16(9-10-20(21)27-2)11-17(13-23)14-24/h3-12H,1-2H3. The van der Waals surface area contributed by atoms with E-state index in [0.29, 0.717) is 10.9 Å². The van der Waals surface area contributed by atoms with Crippen LogP contribution in [-0.2, 0) is 10.1 Å². The number of methoxy groups -OCH3 is 1. The molecule has 0 spiro atoms. The van der Waals surface area contributed by atoms with E-state index in [-0.39, 0.29) is 22.0 Å². The number of hydrogen-bond acceptors (Lipinski definition) is 6. The molecule has 0 aromatic heterocycles. The van der Waals surface area contributed by atoms with Crippen molar-refractivity contribution in [2.75, 3.05) is 7.11 Å². The molecule has 0 N–H and O–H groups in total. The van der Waals surface area contributed by atoms with Gasteiger partial charge in [0.2, 0.25) is 0 Å². The lowest BCUT2D eigenvalue weighted by Gasteiger charge is -2.13. The molecule has 7 heteroatoms. The highest BCUT2D eigenvalue weighted by molar-refractivity contribution is 7.87. The molecule has 0 bridgehead atoms. The van der Waals surface area contributed by atoms with Crippen molar-refractivity contribution < 1.29 is 17.3 Å². The summed E-state index contributed by atoms with van der Waals surface area (Å²) in [5.74, 6) is 0.166. The van der Waals surface area contributed by atoms with Crippen molar-refractivity contribution in [2.24, 2.45) is 0 Å². The van der Waals surface area contributed by atoms with Gasteiger partial charge in [0.15, 0.2) is 11.5 Å². The Kier molecular flexibility index (Phi) is 5.54. The molecule has 0 unspecified atom stereocenters. The van der Waals surface area contributed by atoms with Gasteiger partial charge < -0.3 is 8.92 Å². The highest BCUT2D eigenvalue weighted by Gasteiger charge is 2.22. The molecular weight excluding hydrogens is 388 g/mol. The normalized spacial score (nSPS) is 10.6. The van der Waals surface area contributed by atoms with Crippen LogP contribution in [0.2, 0.25) is 0 Å². The van der Waals surface area contributed by atoms with Gasteiger partial charge in [0.05, 0.1) is 7.11 Å². The zero-order valence-corrected chi connectivity index (χ0v) is 16.5. The molecule has 0 fully saturated rings. The minimum atomic E-state index is -4.18. The Hall–Kier alpha value is -3.81. The molecule has 0 saturated heterocycles. The van der Waals surface area contributed by atoms with E-state index in [1.165, 1.54) is 31.4 Å². The summed E-state index contributed by atoms with van der Waals surface area (Å²) < 4.78 is 36.7. The first-order valence-electron chi connectivity index (χ1n) is 8.52. The maximum Gasteiger partial charge on any atom is 0.339 e. The molecule has 3 aromatic carbocycles. The second-order valence-corrected chi connectivity index (χ2v) is 7.67. The van der Waals surface area contributed by atoms with Gasteiger partial charge in [-0.3, -0.25) is 0 Å². The quantitative estimate of drug-likeness (QED) is 0.463.